The minimum Gasteiger partial charge on any atom is -0.376 e. The van der Waals surface area contributed by atoms with Gasteiger partial charge in [0, 0.05) is 30.7 Å². The number of aromatic nitrogens is 2. The minimum atomic E-state index is -3.74. The fourth-order valence-electron chi connectivity index (χ4n) is 3.27. The number of hydrogen-bond acceptors (Lipinski definition) is 7. The normalized spacial score (nSPS) is 11.7. The topological polar surface area (TPSA) is 88.3 Å². The Morgan fingerprint density at radius 2 is 1.67 bits per heavy atom. The summed E-state index contributed by atoms with van der Waals surface area (Å²) >= 11 is 10.8. The van der Waals surface area contributed by atoms with Crippen LogP contribution >= 0.6 is 23.2 Å². The lowest BCUT2D eigenvalue weighted by Crippen LogP contribution is -2.41. The summed E-state index contributed by atoms with van der Waals surface area (Å²) in [5, 5.41) is 3.39. The van der Waals surface area contributed by atoms with Crippen molar-refractivity contribution in [2.75, 3.05) is 17.3 Å². The lowest BCUT2D eigenvalue weighted by molar-refractivity contribution is 0.0551. The van der Waals surface area contributed by atoms with Crippen LogP contribution in [0.5, 0.6) is 0 Å². The molecule has 3 aromatic carbocycles. The summed E-state index contributed by atoms with van der Waals surface area (Å²) in [6, 6.07) is 13.9. The van der Waals surface area contributed by atoms with Gasteiger partial charge in [0.15, 0.2) is 0 Å². The van der Waals surface area contributed by atoms with Crippen LogP contribution in [0, 0.1) is 0 Å². The number of halogens is 4. The SMILES string of the molecule is CN(Cc1ccc(-c2noc(C(F)(F)Cl)n2)cc1)c1c(NCc2ccc(Cl)cc2)c(=O)c1=O. The predicted molar refractivity (Wildman–Crippen MR) is 122 cm³/mol. The fraction of sp³-hybridized carbons (Fsp3) is 0.182. The zero-order valence-electron chi connectivity index (χ0n) is 17.1. The van der Waals surface area contributed by atoms with E-state index < -0.39 is 22.1 Å². The van der Waals surface area contributed by atoms with E-state index in [0.717, 1.165) is 11.1 Å². The van der Waals surface area contributed by atoms with E-state index in [2.05, 4.69) is 20.0 Å². The number of rotatable bonds is 8. The first-order valence-electron chi connectivity index (χ1n) is 9.66. The summed E-state index contributed by atoms with van der Waals surface area (Å²) < 4.78 is 30.6. The molecule has 0 aliphatic carbocycles. The molecule has 0 spiro atoms. The van der Waals surface area contributed by atoms with Gasteiger partial charge in [0.2, 0.25) is 5.82 Å². The average molecular weight is 493 g/mol. The number of benzene rings is 2. The van der Waals surface area contributed by atoms with Crippen LogP contribution in [-0.4, -0.2) is 17.2 Å². The monoisotopic (exact) mass is 492 g/mol. The molecule has 170 valence electrons. The smallest absolute Gasteiger partial charge is 0.376 e. The quantitative estimate of drug-likeness (QED) is 0.285. The first kappa shape index (κ1) is 22.9. The van der Waals surface area contributed by atoms with Gasteiger partial charge in [0.25, 0.3) is 10.9 Å². The summed E-state index contributed by atoms with van der Waals surface area (Å²) in [5.41, 5.74) is 1.61. The van der Waals surface area contributed by atoms with Gasteiger partial charge in [-0.25, -0.2) is 0 Å². The molecule has 0 radical (unpaired) electrons. The Balaban J connectivity index is 1.44. The maximum absolute atomic E-state index is 13.1. The Hall–Kier alpha value is -3.30. The van der Waals surface area contributed by atoms with Gasteiger partial charge in [0.05, 0.1) is 0 Å². The van der Waals surface area contributed by atoms with Crippen LogP contribution in [0.1, 0.15) is 17.0 Å². The summed E-state index contributed by atoms with van der Waals surface area (Å²) in [6.45, 7) is 0.698. The lowest BCUT2D eigenvalue weighted by atomic mass is 10.1. The van der Waals surface area contributed by atoms with Crippen molar-refractivity contribution < 1.29 is 13.3 Å². The van der Waals surface area contributed by atoms with E-state index in [9.17, 15) is 18.4 Å². The van der Waals surface area contributed by atoms with E-state index in [-0.39, 0.29) is 11.5 Å². The Labute approximate surface area is 196 Å². The minimum absolute atomic E-state index is 0.0265. The van der Waals surface area contributed by atoms with Crippen molar-refractivity contribution in [2.24, 2.45) is 0 Å². The van der Waals surface area contributed by atoms with Crippen molar-refractivity contribution in [3.63, 3.8) is 0 Å². The van der Waals surface area contributed by atoms with Gasteiger partial charge in [-0.2, -0.15) is 13.8 Å². The van der Waals surface area contributed by atoms with Gasteiger partial charge in [-0.15, -0.1) is 0 Å². The van der Waals surface area contributed by atoms with Crippen LogP contribution in [0.15, 0.2) is 62.6 Å². The van der Waals surface area contributed by atoms with Crippen molar-refractivity contribution in [3.8, 4) is 11.4 Å². The van der Waals surface area contributed by atoms with Crippen LogP contribution in [-0.2, 0) is 18.5 Å². The highest BCUT2D eigenvalue weighted by molar-refractivity contribution is 6.30. The summed E-state index contributed by atoms with van der Waals surface area (Å²) in [4.78, 5) is 29.5. The number of nitrogens with one attached hydrogen (secondary N) is 1. The molecule has 1 aromatic heterocycles. The number of nitrogens with zero attached hydrogens (tertiary/aromatic N) is 3. The van der Waals surface area contributed by atoms with Gasteiger partial charge in [-0.3, -0.25) is 9.59 Å². The van der Waals surface area contributed by atoms with E-state index >= 15 is 0 Å². The Bertz CT molecular complexity index is 1340. The zero-order valence-corrected chi connectivity index (χ0v) is 18.6. The van der Waals surface area contributed by atoms with E-state index in [0.29, 0.717) is 29.4 Å². The van der Waals surface area contributed by atoms with E-state index in [1.807, 2.05) is 12.1 Å². The molecule has 0 saturated carbocycles. The van der Waals surface area contributed by atoms with Crippen LogP contribution < -0.4 is 21.1 Å². The average Bonchev–Trinajstić information content (AvgIpc) is 3.28. The third-order valence-corrected chi connectivity index (χ3v) is 5.36. The fourth-order valence-corrected chi connectivity index (χ4v) is 3.47. The van der Waals surface area contributed by atoms with Crippen LogP contribution in [0.4, 0.5) is 20.2 Å². The number of alkyl halides is 3. The van der Waals surface area contributed by atoms with Crippen molar-refractivity contribution >= 4 is 34.6 Å². The first-order chi connectivity index (χ1) is 15.6. The molecule has 0 saturated heterocycles. The molecule has 7 nitrogen and oxygen atoms in total. The molecule has 1 N–H and O–H groups in total. The molecular formula is C22H16Cl2F2N4O3. The predicted octanol–water partition coefficient (Wildman–Crippen LogP) is 4.52. The Morgan fingerprint density at radius 3 is 2.27 bits per heavy atom. The molecular weight excluding hydrogens is 477 g/mol. The van der Waals surface area contributed by atoms with E-state index in [4.69, 9.17) is 23.2 Å². The maximum atomic E-state index is 13.1. The van der Waals surface area contributed by atoms with E-state index in [1.54, 1.807) is 48.3 Å². The molecule has 1 heterocycles. The van der Waals surface area contributed by atoms with Gasteiger partial charge >= 0.3 is 11.3 Å². The standard InChI is InChI=1S/C22H16Cl2F2N4O3/c1-30(17-16(18(31)19(17)32)27-10-12-4-8-15(23)9-5-12)11-13-2-6-14(7-3-13)20-28-21(33-29-20)22(24,25)26/h2-9,27H,10-11H2,1H3. The van der Waals surface area contributed by atoms with Gasteiger partial charge in [-0.05, 0) is 34.9 Å². The molecule has 33 heavy (non-hydrogen) atoms. The van der Waals surface area contributed by atoms with Crippen LogP contribution in [0.3, 0.4) is 0 Å². The lowest BCUT2D eigenvalue weighted by Gasteiger charge is -2.24. The molecule has 4 rings (SSSR count). The molecule has 0 amide bonds. The van der Waals surface area contributed by atoms with Crippen molar-refractivity contribution in [2.45, 2.75) is 18.5 Å². The maximum Gasteiger partial charge on any atom is 0.400 e. The van der Waals surface area contributed by atoms with Crippen molar-refractivity contribution in [1.29, 1.82) is 0 Å². The number of hydrogen-bond donors (Lipinski definition) is 1. The third kappa shape index (κ3) is 4.89. The van der Waals surface area contributed by atoms with Gasteiger partial charge in [0.1, 0.15) is 11.4 Å². The second-order valence-corrected chi connectivity index (χ2v) is 8.25. The summed E-state index contributed by atoms with van der Waals surface area (Å²) in [5.74, 6) is -1.01. The molecule has 0 unspecified atom stereocenters. The third-order valence-electron chi connectivity index (χ3n) is 4.95. The zero-order chi connectivity index (χ0) is 23.8. The highest BCUT2D eigenvalue weighted by atomic mass is 35.5. The van der Waals surface area contributed by atoms with Crippen molar-refractivity contribution in [3.05, 3.63) is 91.0 Å². The van der Waals surface area contributed by atoms with Gasteiger partial charge < -0.3 is 14.7 Å². The Kier molecular flexibility index (Phi) is 6.18. The van der Waals surface area contributed by atoms with Crippen LogP contribution in [0.25, 0.3) is 11.4 Å². The molecule has 0 aliphatic rings. The molecule has 4 aromatic rings. The summed E-state index contributed by atoms with van der Waals surface area (Å²) in [7, 11) is 1.70. The van der Waals surface area contributed by atoms with E-state index in [1.165, 1.54) is 0 Å². The second kappa shape index (κ2) is 8.92. The second-order valence-electron chi connectivity index (χ2n) is 7.34. The number of anilines is 2. The molecule has 0 atom stereocenters. The molecule has 11 heteroatoms. The largest absolute Gasteiger partial charge is 0.400 e. The molecule has 0 bridgehead atoms. The molecule has 0 fully saturated rings. The molecule has 0 aliphatic heterocycles. The highest BCUT2D eigenvalue weighted by Gasteiger charge is 2.35. The first-order valence-corrected chi connectivity index (χ1v) is 10.4. The highest BCUT2D eigenvalue weighted by Crippen LogP contribution is 2.32. The van der Waals surface area contributed by atoms with Crippen LogP contribution in [0.2, 0.25) is 5.02 Å². The summed E-state index contributed by atoms with van der Waals surface area (Å²) in [6.07, 6.45) is 0. The van der Waals surface area contributed by atoms with Crippen molar-refractivity contribution in [1.82, 2.24) is 10.1 Å². The van der Waals surface area contributed by atoms with Gasteiger partial charge in [-0.1, -0.05) is 53.2 Å². The Morgan fingerprint density at radius 1 is 1.03 bits per heavy atom.